The van der Waals surface area contributed by atoms with Gasteiger partial charge in [0.15, 0.2) is 0 Å². The molecule has 1 unspecified atom stereocenters. The lowest BCUT2D eigenvalue weighted by atomic mass is 10.0. The molecule has 0 saturated carbocycles. The summed E-state index contributed by atoms with van der Waals surface area (Å²) in [5.41, 5.74) is 1.01. The smallest absolute Gasteiger partial charge is 0.318 e. The van der Waals surface area contributed by atoms with Gasteiger partial charge in [-0.25, -0.2) is 5.06 Å². The second-order valence-corrected chi connectivity index (χ2v) is 4.60. The van der Waals surface area contributed by atoms with Crippen LogP contribution in [0.1, 0.15) is 41.0 Å². The van der Waals surface area contributed by atoms with Gasteiger partial charge >= 0.3 is 5.97 Å². The van der Waals surface area contributed by atoms with Gasteiger partial charge in [0.05, 0.1) is 12.6 Å². The quantitative estimate of drug-likeness (QED) is 0.260. The van der Waals surface area contributed by atoms with E-state index < -0.39 is 17.8 Å². The van der Waals surface area contributed by atoms with E-state index in [2.05, 4.69) is 0 Å². The van der Waals surface area contributed by atoms with Crippen molar-refractivity contribution in [2.24, 2.45) is 5.92 Å². The summed E-state index contributed by atoms with van der Waals surface area (Å²) >= 11 is 0. The lowest BCUT2D eigenvalue weighted by Gasteiger charge is -2.23. The van der Waals surface area contributed by atoms with Crippen LogP contribution in [0.4, 0.5) is 0 Å². The first-order valence-electron chi connectivity index (χ1n) is 6.13. The van der Waals surface area contributed by atoms with Crippen molar-refractivity contribution < 1.29 is 19.5 Å². The zero-order chi connectivity index (χ0) is 14.3. The summed E-state index contributed by atoms with van der Waals surface area (Å²) < 4.78 is 4.86. The Bertz CT molecular complexity index is 319. The van der Waals surface area contributed by atoms with Crippen LogP contribution in [0.3, 0.4) is 0 Å². The molecular formula is C13H23NO4. The molecule has 0 aliphatic carbocycles. The molecule has 0 aromatic heterocycles. The second-order valence-electron chi connectivity index (χ2n) is 4.60. The van der Waals surface area contributed by atoms with Gasteiger partial charge in [-0.1, -0.05) is 11.6 Å². The highest BCUT2D eigenvalue weighted by molar-refractivity contribution is 5.97. The molecule has 0 aliphatic rings. The number of esters is 1. The van der Waals surface area contributed by atoms with Gasteiger partial charge in [0.2, 0.25) is 0 Å². The number of allylic oxidation sites excluding steroid dienone is 2. The number of carbonyl (C=O) groups is 2. The molecule has 0 radical (unpaired) electrons. The molecule has 5 heteroatoms. The largest absolute Gasteiger partial charge is 0.465 e. The maximum absolute atomic E-state index is 12.0. The molecule has 1 amide bonds. The summed E-state index contributed by atoms with van der Waals surface area (Å²) in [6.45, 7) is 8.99. The van der Waals surface area contributed by atoms with Gasteiger partial charge in [0.1, 0.15) is 5.92 Å². The van der Waals surface area contributed by atoms with Crippen LogP contribution in [0.2, 0.25) is 0 Å². The molecule has 0 aliphatic heterocycles. The fourth-order valence-corrected chi connectivity index (χ4v) is 1.31. The maximum atomic E-state index is 12.0. The molecule has 1 N–H and O–H groups in total. The number of hydroxylamine groups is 2. The first kappa shape index (κ1) is 16.6. The van der Waals surface area contributed by atoms with Crippen LogP contribution in [0.25, 0.3) is 0 Å². The van der Waals surface area contributed by atoms with E-state index in [9.17, 15) is 14.8 Å². The molecule has 18 heavy (non-hydrogen) atoms. The van der Waals surface area contributed by atoms with Crippen molar-refractivity contribution in [1.29, 1.82) is 0 Å². The molecule has 0 aromatic rings. The summed E-state index contributed by atoms with van der Waals surface area (Å²) in [5, 5.41) is 10.2. The van der Waals surface area contributed by atoms with E-state index in [1.54, 1.807) is 26.8 Å². The van der Waals surface area contributed by atoms with Crippen LogP contribution in [-0.4, -0.2) is 34.8 Å². The highest BCUT2D eigenvalue weighted by Crippen LogP contribution is 2.13. The van der Waals surface area contributed by atoms with E-state index in [1.165, 1.54) is 0 Å². The minimum atomic E-state index is -0.979. The molecule has 0 aromatic carbocycles. The molecule has 104 valence electrons. The monoisotopic (exact) mass is 257 g/mol. The summed E-state index contributed by atoms with van der Waals surface area (Å²) in [7, 11) is 0. The normalized spacial score (nSPS) is 11.9. The molecule has 0 spiro atoms. The van der Waals surface area contributed by atoms with Gasteiger partial charge in [0, 0.05) is 0 Å². The van der Waals surface area contributed by atoms with Crippen molar-refractivity contribution in [3.8, 4) is 0 Å². The average molecular weight is 257 g/mol. The predicted molar refractivity (Wildman–Crippen MR) is 67.9 cm³/mol. The van der Waals surface area contributed by atoms with Crippen LogP contribution in [0.15, 0.2) is 11.6 Å². The Morgan fingerprint density at radius 2 is 1.89 bits per heavy atom. The summed E-state index contributed by atoms with van der Waals surface area (Å²) in [5.74, 6) is -2.20. The Hall–Kier alpha value is -1.36. The number of ether oxygens (including phenoxy) is 1. The third-order valence-corrected chi connectivity index (χ3v) is 2.35. The van der Waals surface area contributed by atoms with Crippen molar-refractivity contribution in [3.05, 3.63) is 11.6 Å². The number of rotatable bonds is 6. The van der Waals surface area contributed by atoms with E-state index in [-0.39, 0.29) is 19.1 Å². The minimum Gasteiger partial charge on any atom is -0.465 e. The molecule has 1 atom stereocenters. The van der Waals surface area contributed by atoms with Crippen LogP contribution in [-0.2, 0) is 14.3 Å². The van der Waals surface area contributed by atoms with Crippen molar-refractivity contribution >= 4 is 11.9 Å². The standard InChI is InChI=1S/C13H23NO4/c1-6-18-13(16)11(8-7-9(2)3)12(15)14(17)10(4)5/h7,10-11,17H,6,8H2,1-5H3. The Labute approximate surface area is 108 Å². The van der Waals surface area contributed by atoms with Crippen molar-refractivity contribution in [2.45, 2.75) is 47.1 Å². The molecule has 5 nitrogen and oxygen atoms in total. The second kappa shape index (κ2) is 7.87. The van der Waals surface area contributed by atoms with E-state index in [0.717, 1.165) is 5.57 Å². The summed E-state index contributed by atoms with van der Waals surface area (Å²) in [6, 6.07) is -0.374. The topological polar surface area (TPSA) is 66.8 Å². The third-order valence-electron chi connectivity index (χ3n) is 2.35. The lowest BCUT2D eigenvalue weighted by molar-refractivity contribution is -0.182. The molecular weight excluding hydrogens is 234 g/mol. The molecule has 0 bridgehead atoms. The first-order chi connectivity index (χ1) is 8.31. The summed E-state index contributed by atoms with van der Waals surface area (Å²) in [4.78, 5) is 23.7. The van der Waals surface area contributed by atoms with Crippen LogP contribution < -0.4 is 0 Å². The van der Waals surface area contributed by atoms with E-state index >= 15 is 0 Å². The number of hydrogen-bond donors (Lipinski definition) is 1. The number of carbonyl (C=O) groups excluding carboxylic acids is 2. The molecule has 0 rings (SSSR count). The fraction of sp³-hybridized carbons (Fsp3) is 0.692. The first-order valence-corrected chi connectivity index (χ1v) is 6.13. The van der Waals surface area contributed by atoms with E-state index in [0.29, 0.717) is 5.06 Å². The molecule has 0 fully saturated rings. The number of nitrogens with zero attached hydrogens (tertiary/aromatic N) is 1. The Morgan fingerprint density at radius 1 is 1.33 bits per heavy atom. The van der Waals surface area contributed by atoms with Gasteiger partial charge in [-0.05, 0) is 41.0 Å². The van der Waals surface area contributed by atoms with Gasteiger partial charge < -0.3 is 4.74 Å². The number of amides is 1. The fourth-order valence-electron chi connectivity index (χ4n) is 1.31. The highest BCUT2D eigenvalue weighted by Gasteiger charge is 2.31. The van der Waals surface area contributed by atoms with Crippen LogP contribution >= 0.6 is 0 Å². The molecule has 0 heterocycles. The third kappa shape index (κ3) is 5.31. The van der Waals surface area contributed by atoms with Crippen LogP contribution in [0.5, 0.6) is 0 Å². The van der Waals surface area contributed by atoms with E-state index in [1.807, 2.05) is 13.8 Å². The Kier molecular flexibility index (Phi) is 7.27. The van der Waals surface area contributed by atoms with Gasteiger partial charge in [-0.15, -0.1) is 0 Å². The molecule has 0 saturated heterocycles. The van der Waals surface area contributed by atoms with Gasteiger partial charge in [-0.3, -0.25) is 14.8 Å². The van der Waals surface area contributed by atoms with E-state index in [4.69, 9.17) is 4.74 Å². The highest BCUT2D eigenvalue weighted by atomic mass is 16.5. The Balaban J connectivity index is 4.91. The summed E-state index contributed by atoms with van der Waals surface area (Å²) in [6.07, 6.45) is 2.03. The average Bonchev–Trinajstić information content (AvgIpc) is 2.27. The van der Waals surface area contributed by atoms with Crippen molar-refractivity contribution in [1.82, 2.24) is 5.06 Å². The van der Waals surface area contributed by atoms with Gasteiger partial charge in [-0.2, -0.15) is 0 Å². The van der Waals surface area contributed by atoms with Crippen molar-refractivity contribution in [3.63, 3.8) is 0 Å². The zero-order valence-corrected chi connectivity index (χ0v) is 11.8. The predicted octanol–water partition coefficient (Wildman–Crippen LogP) is 2.15. The van der Waals surface area contributed by atoms with Crippen LogP contribution in [0, 0.1) is 5.92 Å². The Morgan fingerprint density at radius 3 is 2.28 bits per heavy atom. The van der Waals surface area contributed by atoms with Crippen molar-refractivity contribution in [2.75, 3.05) is 6.61 Å². The lowest BCUT2D eigenvalue weighted by Crippen LogP contribution is -2.41. The SMILES string of the molecule is CCOC(=O)C(CC=C(C)C)C(=O)N(O)C(C)C. The van der Waals surface area contributed by atoms with Gasteiger partial charge in [0.25, 0.3) is 5.91 Å². The maximum Gasteiger partial charge on any atom is 0.318 e. The number of hydrogen-bond acceptors (Lipinski definition) is 4. The minimum absolute atomic E-state index is 0.213. The zero-order valence-electron chi connectivity index (χ0n) is 11.8.